The summed E-state index contributed by atoms with van der Waals surface area (Å²) in [6.45, 7) is 7.44. The van der Waals surface area contributed by atoms with Gasteiger partial charge in [0.1, 0.15) is 0 Å². The number of ether oxygens (including phenoxy) is 1. The Kier molecular flexibility index (Phi) is 3.76. The van der Waals surface area contributed by atoms with Crippen LogP contribution in [0.1, 0.15) is 19.4 Å². The second-order valence-electron chi connectivity index (χ2n) is 5.05. The van der Waals surface area contributed by atoms with Crippen LogP contribution in [-0.2, 0) is 11.3 Å². The van der Waals surface area contributed by atoms with Crippen molar-refractivity contribution in [2.75, 3.05) is 24.6 Å². The topological polar surface area (TPSA) is 38.5 Å². The van der Waals surface area contributed by atoms with E-state index in [1.807, 2.05) is 0 Å². The van der Waals surface area contributed by atoms with Gasteiger partial charge < -0.3 is 15.4 Å². The van der Waals surface area contributed by atoms with E-state index >= 15 is 0 Å². The Bertz CT molecular complexity index is 406. The zero-order valence-corrected chi connectivity index (χ0v) is 12.0. The van der Waals surface area contributed by atoms with Crippen LogP contribution in [0.2, 0.25) is 0 Å². The fraction of sp³-hybridized carbons (Fsp3) is 0.538. The standard InChI is InChI=1S/C13H19BrN2O/c1-13(2)9-16(3-4-17-13)12-6-10(8-15)5-11(14)7-12/h5-7H,3-4,8-9,15H2,1-2H3. The van der Waals surface area contributed by atoms with Gasteiger partial charge in [0.25, 0.3) is 0 Å². The van der Waals surface area contributed by atoms with Gasteiger partial charge in [-0.25, -0.2) is 0 Å². The van der Waals surface area contributed by atoms with Gasteiger partial charge in [0.05, 0.1) is 12.2 Å². The zero-order chi connectivity index (χ0) is 12.5. The Morgan fingerprint density at radius 3 is 2.82 bits per heavy atom. The smallest absolute Gasteiger partial charge is 0.0801 e. The van der Waals surface area contributed by atoms with Gasteiger partial charge in [-0.05, 0) is 37.6 Å². The molecule has 0 saturated carbocycles. The van der Waals surface area contributed by atoms with Gasteiger partial charge in [-0.1, -0.05) is 15.9 Å². The van der Waals surface area contributed by atoms with Gasteiger partial charge in [-0.2, -0.15) is 0 Å². The summed E-state index contributed by atoms with van der Waals surface area (Å²) in [6.07, 6.45) is 0. The molecule has 1 aliphatic rings. The first-order valence-electron chi connectivity index (χ1n) is 5.89. The predicted molar refractivity (Wildman–Crippen MR) is 74.3 cm³/mol. The summed E-state index contributed by atoms with van der Waals surface area (Å²) in [5.74, 6) is 0. The third kappa shape index (κ3) is 3.21. The minimum Gasteiger partial charge on any atom is -0.372 e. The van der Waals surface area contributed by atoms with Crippen molar-refractivity contribution in [2.24, 2.45) is 5.73 Å². The van der Waals surface area contributed by atoms with Crippen LogP contribution in [0.4, 0.5) is 5.69 Å². The molecule has 1 heterocycles. The van der Waals surface area contributed by atoms with E-state index in [0.29, 0.717) is 6.54 Å². The van der Waals surface area contributed by atoms with Crippen LogP contribution in [0.25, 0.3) is 0 Å². The molecule has 1 aliphatic heterocycles. The number of halogens is 1. The van der Waals surface area contributed by atoms with Gasteiger partial charge in [-0.3, -0.25) is 0 Å². The van der Waals surface area contributed by atoms with Crippen LogP contribution in [0.15, 0.2) is 22.7 Å². The highest BCUT2D eigenvalue weighted by Crippen LogP contribution is 2.27. The van der Waals surface area contributed by atoms with Crippen LogP contribution < -0.4 is 10.6 Å². The van der Waals surface area contributed by atoms with Crippen molar-refractivity contribution in [3.63, 3.8) is 0 Å². The predicted octanol–water partition coefficient (Wildman–Crippen LogP) is 2.52. The number of hydrogen-bond acceptors (Lipinski definition) is 3. The number of nitrogens with zero attached hydrogens (tertiary/aromatic N) is 1. The van der Waals surface area contributed by atoms with Crippen molar-refractivity contribution in [3.05, 3.63) is 28.2 Å². The monoisotopic (exact) mass is 298 g/mol. The molecule has 4 heteroatoms. The molecule has 0 aliphatic carbocycles. The van der Waals surface area contributed by atoms with E-state index in [-0.39, 0.29) is 5.60 Å². The Balaban J connectivity index is 2.24. The van der Waals surface area contributed by atoms with E-state index in [9.17, 15) is 0 Å². The lowest BCUT2D eigenvalue weighted by Gasteiger charge is -2.39. The first-order valence-corrected chi connectivity index (χ1v) is 6.68. The second kappa shape index (κ2) is 4.96. The van der Waals surface area contributed by atoms with Gasteiger partial charge in [0, 0.05) is 29.8 Å². The van der Waals surface area contributed by atoms with E-state index in [0.717, 1.165) is 29.7 Å². The fourth-order valence-electron chi connectivity index (χ4n) is 2.17. The average Bonchev–Trinajstić information content (AvgIpc) is 2.27. The number of hydrogen-bond donors (Lipinski definition) is 1. The molecule has 1 saturated heterocycles. The summed E-state index contributed by atoms with van der Waals surface area (Å²) in [4.78, 5) is 2.35. The highest BCUT2D eigenvalue weighted by molar-refractivity contribution is 9.10. The summed E-state index contributed by atoms with van der Waals surface area (Å²) in [5.41, 5.74) is 8.00. The summed E-state index contributed by atoms with van der Waals surface area (Å²) in [7, 11) is 0. The molecular formula is C13H19BrN2O. The Hall–Kier alpha value is -0.580. The summed E-state index contributed by atoms with van der Waals surface area (Å²) < 4.78 is 6.81. The van der Waals surface area contributed by atoms with Gasteiger partial charge in [-0.15, -0.1) is 0 Å². The van der Waals surface area contributed by atoms with Crippen LogP contribution in [0.5, 0.6) is 0 Å². The van der Waals surface area contributed by atoms with Crippen molar-refractivity contribution in [2.45, 2.75) is 26.0 Å². The van der Waals surface area contributed by atoms with Gasteiger partial charge >= 0.3 is 0 Å². The molecule has 1 fully saturated rings. The van der Waals surface area contributed by atoms with E-state index in [2.05, 4.69) is 52.9 Å². The molecule has 94 valence electrons. The summed E-state index contributed by atoms with van der Waals surface area (Å²) >= 11 is 3.54. The van der Waals surface area contributed by atoms with Crippen molar-refractivity contribution in [1.29, 1.82) is 0 Å². The van der Waals surface area contributed by atoms with Crippen LogP contribution in [0, 0.1) is 0 Å². The lowest BCUT2D eigenvalue weighted by Crippen LogP contribution is -2.48. The van der Waals surface area contributed by atoms with Gasteiger partial charge in [0.2, 0.25) is 0 Å². The quantitative estimate of drug-likeness (QED) is 0.912. The van der Waals surface area contributed by atoms with E-state index in [4.69, 9.17) is 10.5 Å². The molecule has 0 spiro atoms. The van der Waals surface area contributed by atoms with E-state index in [1.54, 1.807) is 0 Å². The molecule has 2 rings (SSSR count). The van der Waals surface area contributed by atoms with Crippen molar-refractivity contribution < 1.29 is 4.74 Å². The highest BCUT2D eigenvalue weighted by Gasteiger charge is 2.27. The fourth-order valence-corrected chi connectivity index (χ4v) is 2.70. The number of anilines is 1. The van der Waals surface area contributed by atoms with E-state index < -0.39 is 0 Å². The minimum absolute atomic E-state index is 0.0799. The SMILES string of the molecule is CC1(C)CN(c2cc(Br)cc(CN)c2)CCO1. The molecule has 0 bridgehead atoms. The maximum Gasteiger partial charge on any atom is 0.0801 e. The van der Waals surface area contributed by atoms with Crippen LogP contribution in [-0.4, -0.2) is 25.3 Å². The molecule has 0 atom stereocenters. The first kappa shape index (κ1) is 12.9. The molecule has 1 aromatic carbocycles. The molecule has 3 nitrogen and oxygen atoms in total. The number of benzene rings is 1. The molecule has 2 N–H and O–H groups in total. The van der Waals surface area contributed by atoms with Gasteiger partial charge in [0.15, 0.2) is 0 Å². The Morgan fingerprint density at radius 1 is 1.41 bits per heavy atom. The van der Waals surface area contributed by atoms with Crippen LogP contribution in [0.3, 0.4) is 0 Å². The van der Waals surface area contributed by atoms with Crippen molar-refractivity contribution in [3.8, 4) is 0 Å². The Labute approximate surface area is 111 Å². The molecule has 0 unspecified atom stereocenters. The Morgan fingerprint density at radius 2 is 2.18 bits per heavy atom. The minimum atomic E-state index is -0.0799. The molecule has 0 amide bonds. The lowest BCUT2D eigenvalue weighted by molar-refractivity contribution is -0.0276. The highest BCUT2D eigenvalue weighted by atomic mass is 79.9. The second-order valence-corrected chi connectivity index (χ2v) is 5.97. The van der Waals surface area contributed by atoms with Crippen molar-refractivity contribution in [1.82, 2.24) is 0 Å². The third-order valence-electron chi connectivity index (χ3n) is 2.97. The largest absolute Gasteiger partial charge is 0.372 e. The molecule has 0 aromatic heterocycles. The maximum atomic E-state index is 5.73. The normalized spacial score (nSPS) is 19.4. The zero-order valence-electron chi connectivity index (χ0n) is 10.4. The van der Waals surface area contributed by atoms with Crippen LogP contribution >= 0.6 is 15.9 Å². The molecular weight excluding hydrogens is 280 g/mol. The summed E-state index contributed by atoms with van der Waals surface area (Å²) in [6, 6.07) is 6.36. The first-order chi connectivity index (χ1) is 8.00. The lowest BCUT2D eigenvalue weighted by atomic mass is 10.1. The number of morpholine rings is 1. The number of rotatable bonds is 2. The van der Waals surface area contributed by atoms with E-state index in [1.165, 1.54) is 5.69 Å². The molecule has 1 aromatic rings. The summed E-state index contributed by atoms with van der Waals surface area (Å²) in [5, 5.41) is 0. The number of nitrogens with two attached hydrogens (primary N) is 1. The molecule has 17 heavy (non-hydrogen) atoms. The average molecular weight is 299 g/mol. The third-order valence-corrected chi connectivity index (χ3v) is 3.43. The molecule has 0 radical (unpaired) electrons. The van der Waals surface area contributed by atoms with Crippen molar-refractivity contribution >= 4 is 21.6 Å². The maximum absolute atomic E-state index is 5.73.